The molecule has 4 aromatic rings. The lowest BCUT2D eigenvalue weighted by molar-refractivity contribution is -0.155. The Hall–Kier alpha value is -4.85. The molecule has 8 nitrogen and oxygen atoms in total. The van der Waals surface area contributed by atoms with Gasteiger partial charge in [0.15, 0.2) is 11.5 Å². The van der Waals surface area contributed by atoms with Crippen LogP contribution in [-0.4, -0.2) is 40.0 Å². The monoisotopic (exact) mass is 524 g/mol. The summed E-state index contributed by atoms with van der Waals surface area (Å²) in [5.41, 5.74) is 3.07. The molecule has 198 valence electrons. The van der Waals surface area contributed by atoms with Crippen LogP contribution in [0.4, 0.5) is 0 Å². The summed E-state index contributed by atoms with van der Waals surface area (Å²) < 4.78 is 17.8. The van der Waals surface area contributed by atoms with Crippen LogP contribution in [0.1, 0.15) is 28.4 Å². The molecule has 8 heteroatoms. The van der Waals surface area contributed by atoms with Gasteiger partial charge >= 0.3 is 5.97 Å². The normalized spacial score (nSPS) is 15.1. The molecule has 1 aliphatic heterocycles. The van der Waals surface area contributed by atoms with Crippen molar-refractivity contribution < 1.29 is 28.9 Å². The lowest BCUT2D eigenvalue weighted by Gasteiger charge is -2.37. The Balaban J connectivity index is 1.48. The fourth-order valence-electron chi connectivity index (χ4n) is 4.69. The number of rotatable bonds is 9. The van der Waals surface area contributed by atoms with Gasteiger partial charge in [-0.15, -0.1) is 0 Å². The van der Waals surface area contributed by atoms with E-state index in [0.717, 1.165) is 11.1 Å². The maximum absolute atomic E-state index is 14.0. The highest BCUT2D eigenvalue weighted by Gasteiger charge is 2.40. The topological polar surface area (TPSA) is 98.2 Å². The highest BCUT2D eigenvalue weighted by atomic mass is 16.5. The zero-order valence-corrected chi connectivity index (χ0v) is 21.4. The third-order valence-corrected chi connectivity index (χ3v) is 6.65. The second-order valence-electron chi connectivity index (χ2n) is 9.11. The Kier molecular flexibility index (Phi) is 7.73. The Bertz CT molecular complexity index is 1430. The number of ether oxygens (including phenoxy) is 3. The maximum atomic E-state index is 14.0. The number of nitrogens with zero attached hydrogens (tertiary/aromatic N) is 2. The van der Waals surface area contributed by atoms with E-state index in [4.69, 9.17) is 14.2 Å². The molecule has 1 aliphatic rings. The molecule has 0 saturated heterocycles. The molecule has 1 N–H and O–H groups in total. The second-order valence-corrected chi connectivity index (χ2v) is 9.11. The summed E-state index contributed by atoms with van der Waals surface area (Å²) in [6.45, 7) is 0.369. The van der Waals surface area contributed by atoms with Crippen molar-refractivity contribution >= 4 is 11.9 Å². The minimum absolute atomic E-state index is 0.0584. The van der Waals surface area contributed by atoms with Gasteiger partial charge in [-0.05, 0) is 23.3 Å². The van der Waals surface area contributed by atoms with E-state index in [1.165, 1.54) is 4.90 Å². The molecule has 0 unspecified atom stereocenters. The summed E-state index contributed by atoms with van der Waals surface area (Å²) in [7, 11) is 1.55. The van der Waals surface area contributed by atoms with E-state index in [1.54, 1.807) is 61.8 Å². The lowest BCUT2D eigenvalue weighted by atomic mass is 9.91. The van der Waals surface area contributed by atoms with Gasteiger partial charge in [-0.3, -0.25) is 4.79 Å². The van der Waals surface area contributed by atoms with Crippen LogP contribution in [0.2, 0.25) is 0 Å². The number of carboxylic acids is 1. The highest BCUT2D eigenvalue weighted by Crippen LogP contribution is 2.39. The first kappa shape index (κ1) is 25.8. The Labute approximate surface area is 226 Å². The molecule has 2 heterocycles. The number of carbonyl (C=O) groups is 2. The molecule has 2 atom stereocenters. The summed E-state index contributed by atoms with van der Waals surface area (Å²) in [5.74, 6) is -0.316. The number of carboxylic acid groups (broad SMARTS) is 1. The number of carbonyl (C=O) groups excluding carboxylic acids is 1. The molecule has 0 bridgehead atoms. The zero-order chi connectivity index (χ0) is 27.2. The van der Waals surface area contributed by atoms with Crippen molar-refractivity contribution in [2.24, 2.45) is 0 Å². The van der Waals surface area contributed by atoms with E-state index in [1.807, 2.05) is 42.5 Å². The molecule has 0 radical (unpaired) electrons. The van der Waals surface area contributed by atoms with Gasteiger partial charge in [-0.2, -0.15) is 0 Å². The molecule has 39 heavy (non-hydrogen) atoms. The summed E-state index contributed by atoms with van der Waals surface area (Å²) in [4.78, 5) is 32.1. The largest absolute Gasteiger partial charge is 0.493 e. The molecule has 3 aromatic carbocycles. The van der Waals surface area contributed by atoms with Crippen molar-refractivity contribution in [3.8, 4) is 17.4 Å². The van der Waals surface area contributed by atoms with Gasteiger partial charge in [0.05, 0.1) is 7.11 Å². The third-order valence-electron chi connectivity index (χ3n) is 6.65. The van der Waals surface area contributed by atoms with Gasteiger partial charge in [0, 0.05) is 36.4 Å². The molecule has 0 saturated carbocycles. The number of fused-ring (bicyclic) bond motifs is 1. The quantitative estimate of drug-likeness (QED) is 0.335. The summed E-state index contributed by atoms with van der Waals surface area (Å²) in [6, 6.07) is 26.4. The van der Waals surface area contributed by atoms with E-state index in [2.05, 4.69) is 4.98 Å². The number of methoxy groups -OCH3 is 1. The predicted octanol–water partition coefficient (Wildman–Crippen LogP) is 4.83. The van der Waals surface area contributed by atoms with Gasteiger partial charge in [-0.1, -0.05) is 72.8 Å². The lowest BCUT2D eigenvalue weighted by Crippen LogP contribution is -2.51. The summed E-state index contributed by atoms with van der Waals surface area (Å²) in [6.07, 6.45) is 0.559. The first-order valence-electron chi connectivity index (χ1n) is 12.6. The number of aliphatic carboxylic acids is 1. The van der Waals surface area contributed by atoms with Gasteiger partial charge < -0.3 is 24.2 Å². The van der Waals surface area contributed by atoms with Crippen molar-refractivity contribution in [3.05, 3.63) is 119 Å². The van der Waals surface area contributed by atoms with Crippen LogP contribution in [0.25, 0.3) is 0 Å². The van der Waals surface area contributed by atoms with E-state index in [0.29, 0.717) is 29.2 Å². The van der Waals surface area contributed by atoms with E-state index in [9.17, 15) is 14.7 Å². The van der Waals surface area contributed by atoms with Gasteiger partial charge in [0.1, 0.15) is 12.6 Å². The highest BCUT2D eigenvalue weighted by molar-refractivity contribution is 5.88. The van der Waals surface area contributed by atoms with Crippen molar-refractivity contribution in [2.75, 3.05) is 7.11 Å². The van der Waals surface area contributed by atoms with E-state index in [-0.39, 0.29) is 18.8 Å². The van der Waals surface area contributed by atoms with Crippen LogP contribution in [0.3, 0.4) is 0 Å². The number of amides is 1. The van der Waals surface area contributed by atoms with Gasteiger partial charge in [0.25, 0.3) is 5.91 Å². The molecule has 5 rings (SSSR count). The summed E-state index contributed by atoms with van der Waals surface area (Å²) in [5, 5.41) is 10.2. The number of hydrogen-bond donors (Lipinski definition) is 1. The minimum Gasteiger partial charge on any atom is -0.493 e. The summed E-state index contributed by atoms with van der Waals surface area (Å²) >= 11 is 0. The molecule has 0 spiro atoms. The molecule has 1 amide bonds. The maximum Gasteiger partial charge on any atom is 0.326 e. The van der Waals surface area contributed by atoms with Crippen molar-refractivity contribution in [2.45, 2.75) is 31.7 Å². The number of hydrogen-bond acceptors (Lipinski definition) is 6. The average Bonchev–Trinajstić information content (AvgIpc) is 2.99. The SMILES string of the molecule is COc1ccc2c(c1OCc1ccccc1)C[C@H](C(=O)O)N(C(=O)[C@@H](Oc1ccccn1)c1ccccc1)C2. The fraction of sp³-hybridized carbons (Fsp3) is 0.194. The molecule has 0 aliphatic carbocycles. The van der Waals surface area contributed by atoms with Crippen molar-refractivity contribution in [1.82, 2.24) is 9.88 Å². The Morgan fingerprint density at radius 3 is 2.36 bits per heavy atom. The fourth-order valence-corrected chi connectivity index (χ4v) is 4.69. The van der Waals surface area contributed by atoms with Gasteiger partial charge in [0.2, 0.25) is 12.0 Å². The number of pyridine rings is 1. The standard InChI is InChI=1S/C31H28N2O6/c1-37-26-16-15-23-19-33(25(31(35)36)18-24(23)29(26)38-20-21-10-4-2-5-11-21)30(34)28(22-12-6-3-7-13-22)39-27-14-8-9-17-32-27/h2-17,25,28H,18-20H2,1H3,(H,35,36)/t25-,28+/m1/s1. The van der Waals surface area contributed by atoms with Crippen molar-refractivity contribution in [1.29, 1.82) is 0 Å². The second kappa shape index (κ2) is 11.7. The molecular weight excluding hydrogens is 496 g/mol. The van der Waals surface area contributed by atoms with E-state index < -0.39 is 24.0 Å². The zero-order valence-electron chi connectivity index (χ0n) is 21.4. The number of aromatic nitrogens is 1. The smallest absolute Gasteiger partial charge is 0.326 e. The van der Waals surface area contributed by atoms with Crippen LogP contribution < -0.4 is 14.2 Å². The Morgan fingerprint density at radius 1 is 0.974 bits per heavy atom. The molecule has 0 fully saturated rings. The Morgan fingerprint density at radius 2 is 1.69 bits per heavy atom. The van der Waals surface area contributed by atoms with E-state index >= 15 is 0 Å². The number of benzene rings is 3. The van der Waals surface area contributed by atoms with Crippen LogP contribution in [0, 0.1) is 0 Å². The first-order valence-corrected chi connectivity index (χ1v) is 12.6. The minimum atomic E-state index is -1.13. The molecular formula is C31H28N2O6. The van der Waals surface area contributed by atoms with Gasteiger partial charge in [-0.25, -0.2) is 9.78 Å². The van der Waals surface area contributed by atoms with Crippen LogP contribution in [0.15, 0.2) is 97.2 Å². The van der Waals surface area contributed by atoms with Crippen molar-refractivity contribution in [3.63, 3.8) is 0 Å². The van der Waals surface area contributed by atoms with Crippen LogP contribution in [-0.2, 0) is 29.2 Å². The third kappa shape index (κ3) is 5.70. The predicted molar refractivity (Wildman–Crippen MR) is 143 cm³/mol. The average molecular weight is 525 g/mol. The first-order chi connectivity index (χ1) is 19.0. The van der Waals surface area contributed by atoms with Crippen LogP contribution >= 0.6 is 0 Å². The molecule has 1 aromatic heterocycles. The van der Waals surface area contributed by atoms with Crippen LogP contribution in [0.5, 0.6) is 17.4 Å².